The summed E-state index contributed by atoms with van der Waals surface area (Å²) in [5.41, 5.74) is 5.81. The van der Waals surface area contributed by atoms with E-state index in [1.807, 2.05) is 0 Å². The smallest absolute Gasteiger partial charge is 0.201 e. The van der Waals surface area contributed by atoms with E-state index in [1.165, 1.54) is 0 Å². The van der Waals surface area contributed by atoms with Gasteiger partial charge >= 0.3 is 0 Å². The molecule has 0 unspecified atom stereocenters. The summed E-state index contributed by atoms with van der Waals surface area (Å²) in [6, 6.07) is 1.61. The molecule has 0 aliphatic rings. The van der Waals surface area contributed by atoms with Crippen molar-refractivity contribution in [3.63, 3.8) is 0 Å². The number of aryl methyl sites for hydroxylation is 1. The number of nitrogens with zero attached hydrogens (tertiary/aromatic N) is 1. The molecule has 0 saturated heterocycles. The van der Waals surface area contributed by atoms with Gasteiger partial charge in [0, 0.05) is 6.07 Å². The largest absolute Gasteiger partial charge is 0.381 e. The van der Waals surface area contributed by atoms with Gasteiger partial charge in [-0.05, 0) is 6.92 Å². The van der Waals surface area contributed by atoms with Crippen molar-refractivity contribution < 1.29 is 4.52 Å². The van der Waals surface area contributed by atoms with Gasteiger partial charge < -0.3 is 10.3 Å². The summed E-state index contributed by atoms with van der Waals surface area (Å²) >= 11 is 0. The summed E-state index contributed by atoms with van der Waals surface area (Å²) in [5, 5.41) is 10.4. The third kappa shape index (κ3) is 1.07. The summed E-state index contributed by atoms with van der Waals surface area (Å²) in [5.74, 6) is 0.239. The van der Waals surface area contributed by atoms with Gasteiger partial charge in [-0.1, -0.05) is 5.16 Å². The Morgan fingerprint density at radius 1 is 1.89 bits per heavy atom. The molecule has 1 rings (SSSR count). The fourth-order valence-electron chi connectivity index (χ4n) is 0.491. The molecule has 1 aromatic rings. The average Bonchev–Trinajstić information content (AvgIpc) is 2.14. The molecule has 0 aliphatic heterocycles. The summed E-state index contributed by atoms with van der Waals surface area (Å²) < 4.78 is 4.63. The molecule has 48 valence electrons. The minimum absolute atomic E-state index is 0.0874. The van der Waals surface area contributed by atoms with E-state index in [2.05, 4.69) is 9.68 Å². The van der Waals surface area contributed by atoms with Crippen LogP contribution in [0.15, 0.2) is 10.6 Å². The van der Waals surface area contributed by atoms with E-state index in [1.54, 1.807) is 13.0 Å². The molecule has 0 saturated carbocycles. The maximum Gasteiger partial charge on any atom is 0.201 e. The highest BCUT2D eigenvalue weighted by molar-refractivity contribution is 5.92. The summed E-state index contributed by atoms with van der Waals surface area (Å²) in [6.07, 6.45) is 0. The SMILES string of the molecule is Cc1cc(C(=N)N)on1. The Balaban J connectivity index is 2.98. The molecule has 1 heterocycles. The van der Waals surface area contributed by atoms with Crippen LogP contribution in [0, 0.1) is 12.3 Å². The second-order valence-electron chi connectivity index (χ2n) is 1.75. The van der Waals surface area contributed by atoms with Crippen LogP contribution in [0.25, 0.3) is 0 Å². The first-order valence-corrected chi connectivity index (χ1v) is 2.48. The molecular weight excluding hydrogens is 118 g/mol. The van der Waals surface area contributed by atoms with E-state index in [0.717, 1.165) is 5.69 Å². The molecule has 0 aliphatic carbocycles. The first kappa shape index (κ1) is 5.81. The second-order valence-corrected chi connectivity index (χ2v) is 1.75. The van der Waals surface area contributed by atoms with Gasteiger partial charge in [0.15, 0.2) is 5.84 Å². The number of hydrogen-bond donors (Lipinski definition) is 2. The van der Waals surface area contributed by atoms with Crippen molar-refractivity contribution in [1.29, 1.82) is 5.41 Å². The molecule has 0 atom stereocenters. The van der Waals surface area contributed by atoms with Crippen LogP contribution in [0.3, 0.4) is 0 Å². The monoisotopic (exact) mass is 125 g/mol. The Labute approximate surface area is 52.2 Å². The van der Waals surface area contributed by atoms with Crippen molar-refractivity contribution in [1.82, 2.24) is 5.16 Å². The van der Waals surface area contributed by atoms with Crippen LogP contribution in [0.2, 0.25) is 0 Å². The molecule has 0 radical (unpaired) electrons. The number of nitrogens with two attached hydrogens (primary N) is 1. The van der Waals surface area contributed by atoms with E-state index in [0.29, 0.717) is 5.76 Å². The Morgan fingerprint density at radius 3 is 2.78 bits per heavy atom. The van der Waals surface area contributed by atoms with Crippen molar-refractivity contribution in [3.8, 4) is 0 Å². The van der Waals surface area contributed by atoms with Gasteiger partial charge in [-0.2, -0.15) is 0 Å². The van der Waals surface area contributed by atoms with Gasteiger partial charge in [0.05, 0.1) is 5.69 Å². The lowest BCUT2D eigenvalue weighted by Gasteiger charge is -1.82. The molecular formula is C5H7N3O. The maximum absolute atomic E-state index is 6.89. The fraction of sp³-hybridized carbons (Fsp3) is 0.200. The second kappa shape index (κ2) is 1.89. The zero-order valence-electron chi connectivity index (χ0n) is 5.01. The van der Waals surface area contributed by atoms with Crippen molar-refractivity contribution in [2.24, 2.45) is 5.73 Å². The van der Waals surface area contributed by atoms with Crippen LogP contribution in [0.1, 0.15) is 11.5 Å². The van der Waals surface area contributed by atoms with Gasteiger partial charge in [0.25, 0.3) is 0 Å². The van der Waals surface area contributed by atoms with Gasteiger partial charge in [-0.25, -0.2) is 0 Å². The van der Waals surface area contributed by atoms with Gasteiger partial charge in [0.1, 0.15) is 0 Å². The number of nitrogen functional groups attached to an aromatic ring is 1. The van der Waals surface area contributed by atoms with Crippen LogP contribution < -0.4 is 5.73 Å². The zero-order valence-corrected chi connectivity index (χ0v) is 5.01. The van der Waals surface area contributed by atoms with Crippen LogP contribution in [-0.4, -0.2) is 11.0 Å². The third-order valence-electron chi connectivity index (χ3n) is 0.893. The normalized spacial score (nSPS) is 9.44. The fourth-order valence-corrected chi connectivity index (χ4v) is 0.491. The molecule has 3 N–H and O–H groups in total. The van der Waals surface area contributed by atoms with E-state index >= 15 is 0 Å². The van der Waals surface area contributed by atoms with Crippen LogP contribution in [-0.2, 0) is 0 Å². The quantitative estimate of drug-likeness (QED) is 0.417. The predicted molar refractivity (Wildman–Crippen MR) is 32.3 cm³/mol. The third-order valence-corrected chi connectivity index (χ3v) is 0.893. The van der Waals surface area contributed by atoms with Crippen molar-refractivity contribution in [3.05, 3.63) is 17.5 Å². The minimum Gasteiger partial charge on any atom is -0.381 e. The molecule has 0 amide bonds. The maximum atomic E-state index is 6.89. The highest BCUT2D eigenvalue weighted by atomic mass is 16.5. The molecule has 0 fully saturated rings. The lowest BCUT2D eigenvalue weighted by atomic mass is 10.4. The van der Waals surface area contributed by atoms with Gasteiger partial charge in [0.2, 0.25) is 5.76 Å². The molecule has 0 aromatic carbocycles. The zero-order chi connectivity index (χ0) is 6.85. The standard InChI is InChI=1S/C5H7N3O/c1-3-2-4(5(6)7)9-8-3/h2H,1H3,(H3,6,7). The molecule has 0 spiro atoms. The number of nitrogens with one attached hydrogen (secondary N) is 1. The number of amidine groups is 1. The van der Waals surface area contributed by atoms with E-state index < -0.39 is 0 Å². The highest BCUT2D eigenvalue weighted by Gasteiger charge is 2.00. The number of aromatic nitrogens is 1. The molecule has 9 heavy (non-hydrogen) atoms. The summed E-state index contributed by atoms with van der Waals surface area (Å²) in [6.45, 7) is 1.77. The van der Waals surface area contributed by atoms with E-state index in [-0.39, 0.29) is 5.84 Å². The molecule has 4 nitrogen and oxygen atoms in total. The lowest BCUT2D eigenvalue weighted by Crippen LogP contribution is -2.09. The first-order valence-electron chi connectivity index (χ1n) is 2.48. The van der Waals surface area contributed by atoms with Gasteiger partial charge in [-0.3, -0.25) is 5.41 Å². The molecule has 4 heteroatoms. The van der Waals surface area contributed by atoms with Crippen molar-refractivity contribution >= 4 is 5.84 Å². The Hall–Kier alpha value is -1.32. The van der Waals surface area contributed by atoms with E-state index in [4.69, 9.17) is 11.1 Å². The molecule has 1 aromatic heterocycles. The van der Waals surface area contributed by atoms with Crippen LogP contribution in [0.4, 0.5) is 0 Å². The summed E-state index contributed by atoms with van der Waals surface area (Å²) in [4.78, 5) is 0. The minimum atomic E-state index is -0.0874. The first-order chi connectivity index (χ1) is 4.20. The predicted octanol–water partition coefficient (Wildman–Crippen LogP) is 0.267. The molecule has 0 bridgehead atoms. The topological polar surface area (TPSA) is 75.9 Å². The van der Waals surface area contributed by atoms with Crippen molar-refractivity contribution in [2.45, 2.75) is 6.92 Å². The number of hydrogen-bond acceptors (Lipinski definition) is 3. The summed E-state index contributed by atoms with van der Waals surface area (Å²) in [7, 11) is 0. The van der Waals surface area contributed by atoms with Crippen molar-refractivity contribution in [2.75, 3.05) is 0 Å². The van der Waals surface area contributed by atoms with Gasteiger partial charge in [-0.15, -0.1) is 0 Å². The highest BCUT2D eigenvalue weighted by Crippen LogP contribution is 1.99. The Morgan fingerprint density at radius 2 is 2.56 bits per heavy atom. The Bertz CT molecular complexity index is 228. The average molecular weight is 125 g/mol. The van der Waals surface area contributed by atoms with Crippen LogP contribution in [0.5, 0.6) is 0 Å². The van der Waals surface area contributed by atoms with E-state index in [9.17, 15) is 0 Å². The Kier molecular flexibility index (Phi) is 1.22. The lowest BCUT2D eigenvalue weighted by molar-refractivity contribution is 0.408. The number of rotatable bonds is 1. The van der Waals surface area contributed by atoms with Crippen LogP contribution >= 0.6 is 0 Å².